The highest BCUT2D eigenvalue weighted by Crippen LogP contribution is 2.23. The topological polar surface area (TPSA) is 91.2 Å². The van der Waals surface area contributed by atoms with Crippen molar-refractivity contribution in [3.8, 4) is 11.8 Å². The SMILES string of the molecule is COc1ccc2nc(NCCNC(=S)NC[C@H]3CCCO3)c(C#N)cc2c1. The van der Waals surface area contributed by atoms with Gasteiger partial charge in [0.1, 0.15) is 17.6 Å². The second-order valence-electron chi connectivity index (χ2n) is 6.25. The number of nitriles is 1. The van der Waals surface area contributed by atoms with Crippen LogP contribution < -0.4 is 20.7 Å². The summed E-state index contributed by atoms with van der Waals surface area (Å²) in [6.45, 7) is 2.77. The Hall–Kier alpha value is -2.63. The molecule has 1 aromatic carbocycles. The molecule has 2 heterocycles. The molecule has 1 atom stereocenters. The van der Waals surface area contributed by atoms with E-state index in [0.717, 1.165) is 42.6 Å². The Morgan fingerprint density at radius 2 is 2.26 bits per heavy atom. The summed E-state index contributed by atoms with van der Waals surface area (Å²) in [7, 11) is 1.61. The molecule has 0 spiro atoms. The number of nitrogens with one attached hydrogen (secondary N) is 3. The lowest BCUT2D eigenvalue weighted by Gasteiger charge is -2.14. The van der Waals surface area contributed by atoms with E-state index in [9.17, 15) is 5.26 Å². The first kappa shape index (κ1) is 19.1. The summed E-state index contributed by atoms with van der Waals surface area (Å²) in [5.41, 5.74) is 1.30. The number of ether oxygens (including phenoxy) is 2. The number of rotatable bonds is 7. The number of anilines is 1. The normalized spacial score (nSPS) is 15.9. The van der Waals surface area contributed by atoms with Crippen molar-refractivity contribution in [2.45, 2.75) is 18.9 Å². The van der Waals surface area contributed by atoms with Crippen LogP contribution in [0.5, 0.6) is 5.75 Å². The highest BCUT2D eigenvalue weighted by molar-refractivity contribution is 7.80. The van der Waals surface area contributed by atoms with Gasteiger partial charge in [-0.05, 0) is 49.3 Å². The number of fused-ring (bicyclic) bond motifs is 1. The molecule has 2 aromatic rings. The summed E-state index contributed by atoms with van der Waals surface area (Å²) < 4.78 is 10.8. The van der Waals surface area contributed by atoms with Crippen molar-refractivity contribution in [1.82, 2.24) is 15.6 Å². The zero-order valence-electron chi connectivity index (χ0n) is 15.2. The Labute approximate surface area is 164 Å². The van der Waals surface area contributed by atoms with E-state index in [-0.39, 0.29) is 6.10 Å². The molecule has 1 aliphatic heterocycles. The fourth-order valence-electron chi connectivity index (χ4n) is 2.93. The van der Waals surface area contributed by atoms with E-state index in [1.54, 1.807) is 7.11 Å². The monoisotopic (exact) mass is 385 g/mol. The fourth-order valence-corrected chi connectivity index (χ4v) is 3.12. The number of aromatic nitrogens is 1. The highest BCUT2D eigenvalue weighted by Gasteiger charge is 2.15. The maximum atomic E-state index is 9.40. The maximum Gasteiger partial charge on any atom is 0.166 e. The second kappa shape index (κ2) is 9.35. The predicted octanol–water partition coefficient (Wildman–Crippen LogP) is 2.17. The molecule has 3 N–H and O–H groups in total. The van der Waals surface area contributed by atoms with Crippen molar-refractivity contribution >= 4 is 34.1 Å². The molecule has 1 saturated heterocycles. The van der Waals surface area contributed by atoms with Gasteiger partial charge in [0.2, 0.25) is 0 Å². The molecule has 0 radical (unpaired) electrons. The zero-order valence-corrected chi connectivity index (χ0v) is 16.1. The lowest BCUT2D eigenvalue weighted by Crippen LogP contribution is -2.41. The molecule has 142 valence electrons. The molecule has 0 unspecified atom stereocenters. The van der Waals surface area contributed by atoms with Gasteiger partial charge in [-0.15, -0.1) is 0 Å². The minimum Gasteiger partial charge on any atom is -0.497 e. The first-order valence-corrected chi connectivity index (χ1v) is 9.36. The molecule has 0 aliphatic carbocycles. The number of pyridine rings is 1. The van der Waals surface area contributed by atoms with E-state index >= 15 is 0 Å². The van der Waals surface area contributed by atoms with Gasteiger partial charge in [0.25, 0.3) is 0 Å². The number of nitrogens with zero attached hydrogens (tertiary/aromatic N) is 2. The molecule has 1 aromatic heterocycles. The van der Waals surface area contributed by atoms with Crippen molar-refractivity contribution in [3.63, 3.8) is 0 Å². The number of hydrogen-bond acceptors (Lipinski definition) is 6. The Kier molecular flexibility index (Phi) is 6.63. The van der Waals surface area contributed by atoms with Crippen molar-refractivity contribution in [2.24, 2.45) is 0 Å². The Bertz CT molecular complexity index is 846. The Balaban J connectivity index is 1.50. The van der Waals surface area contributed by atoms with E-state index in [1.165, 1.54) is 0 Å². The van der Waals surface area contributed by atoms with Gasteiger partial charge in [-0.2, -0.15) is 5.26 Å². The summed E-state index contributed by atoms with van der Waals surface area (Å²) >= 11 is 5.27. The van der Waals surface area contributed by atoms with Gasteiger partial charge in [-0.1, -0.05) is 0 Å². The van der Waals surface area contributed by atoms with Crippen LogP contribution in [-0.2, 0) is 4.74 Å². The molecule has 3 rings (SSSR count). The van der Waals surface area contributed by atoms with Crippen LogP contribution in [-0.4, -0.2) is 49.6 Å². The summed E-state index contributed by atoms with van der Waals surface area (Å²) in [6.07, 6.45) is 2.44. The van der Waals surface area contributed by atoms with Gasteiger partial charge >= 0.3 is 0 Å². The zero-order chi connectivity index (χ0) is 19.1. The molecule has 8 heteroatoms. The number of methoxy groups -OCH3 is 1. The van der Waals surface area contributed by atoms with E-state index < -0.39 is 0 Å². The van der Waals surface area contributed by atoms with Gasteiger partial charge in [0, 0.05) is 31.6 Å². The lowest BCUT2D eigenvalue weighted by atomic mass is 10.1. The third-order valence-electron chi connectivity index (χ3n) is 4.36. The van der Waals surface area contributed by atoms with E-state index in [0.29, 0.717) is 29.6 Å². The van der Waals surface area contributed by atoms with Crippen LogP contribution in [0.4, 0.5) is 5.82 Å². The quantitative estimate of drug-likeness (QED) is 0.493. The van der Waals surface area contributed by atoms with Crippen LogP contribution in [0.15, 0.2) is 24.3 Å². The molecule has 1 aliphatic rings. The smallest absolute Gasteiger partial charge is 0.166 e. The first-order chi connectivity index (χ1) is 13.2. The molecule has 1 fully saturated rings. The third-order valence-corrected chi connectivity index (χ3v) is 4.65. The summed E-state index contributed by atoms with van der Waals surface area (Å²) in [5.74, 6) is 1.30. The van der Waals surface area contributed by atoms with Crippen LogP contribution in [0.25, 0.3) is 10.9 Å². The van der Waals surface area contributed by atoms with Crippen LogP contribution >= 0.6 is 12.2 Å². The molecular formula is C19H23N5O2S. The molecular weight excluding hydrogens is 362 g/mol. The van der Waals surface area contributed by atoms with Crippen molar-refractivity contribution in [3.05, 3.63) is 29.8 Å². The molecule has 7 nitrogen and oxygen atoms in total. The molecule has 0 bridgehead atoms. The number of benzene rings is 1. The fraction of sp³-hybridized carbons (Fsp3) is 0.421. The van der Waals surface area contributed by atoms with Crippen molar-refractivity contribution in [2.75, 3.05) is 38.7 Å². The lowest BCUT2D eigenvalue weighted by molar-refractivity contribution is 0.114. The van der Waals surface area contributed by atoms with Gasteiger partial charge in [0.15, 0.2) is 5.11 Å². The standard InChI is InChI=1S/C19H23N5O2S/c1-25-15-4-5-17-13(10-15)9-14(11-20)18(24-17)21-6-7-22-19(27)23-12-16-3-2-8-26-16/h4-5,9-10,16H,2-3,6-8,12H2,1H3,(H,21,24)(H2,22,23,27)/t16-/m1/s1. The number of thiocarbonyl (C=S) groups is 1. The average molecular weight is 385 g/mol. The Morgan fingerprint density at radius 3 is 3.00 bits per heavy atom. The van der Waals surface area contributed by atoms with E-state index in [4.69, 9.17) is 21.7 Å². The van der Waals surface area contributed by atoms with Crippen molar-refractivity contribution in [1.29, 1.82) is 5.26 Å². The number of hydrogen-bond donors (Lipinski definition) is 3. The van der Waals surface area contributed by atoms with Crippen LogP contribution in [0.3, 0.4) is 0 Å². The van der Waals surface area contributed by atoms with E-state index in [2.05, 4.69) is 27.0 Å². The largest absolute Gasteiger partial charge is 0.497 e. The summed E-state index contributed by atoms with van der Waals surface area (Å²) in [6, 6.07) is 9.60. The third kappa shape index (κ3) is 5.18. The van der Waals surface area contributed by atoms with Gasteiger partial charge in [-0.3, -0.25) is 0 Å². The average Bonchev–Trinajstić information content (AvgIpc) is 3.22. The minimum atomic E-state index is 0.251. The minimum absolute atomic E-state index is 0.251. The van der Waals surface area contributed by atoms with Crippen LogP contribution in [0.1, 0.15) is 18.4 Å². The van der Waals surface area contributed by atoms with Crippen LogP contribution in [0, 0.1) is 11.3 Å². The van der Waals surface area contributed by atoms with Crippen molar-refractivity contribution < 1.29 is 9.47 Å². The highest BCUT2D eigenvalue weighted by atomic mass is 32.1. The van der Waals surface area contributed by atoms with Gasteiger partial charge < -0.3 is 25.4 Å². The summed E-state index contributed by atoms with van der Waals surface area (Å²) in [4.78, 5) is 4.54. The van der Waals surface area contributed by atoms with Gasteiger partial charge in [-0.25, -0.2) is 4.98 Å². The predicted molar refractivity (Wildman–Crippen MR) is 109 cm³/mol. The van der Waals surface area contributed by atoms with E-state index in [1.807, 2.05) is 24.3 Å². The molecule has 27 heavy (non-hydrogen) atoms. The molecule has 0 amide bonds. The Morgan fingerprint density at radius 1 is 1.37 bits per heavy atom. The van der Waals surface area contributed by atoms with Crippen LogP contribution in [0.2, 0.25) is 0 Å². The second-order valence-corrected chi connectivity index (χ2v) is 6.66. The summed E-state index contributed by atoms with van der Waals surface area (Å²) in [5, 5.41) is 20.4. The maximum absolute atomic E-state index is 9.40. The first-order valence-electron chi connectivity index (χ1n) is 8.95. The van der Waals surface area contributed by atoms with Gasteiger partial charge in [0.05, 0.1) is 24.3 Å². The molecule has 0 saturated carbocycles.